The van der Waals surface area contributed by atoms with E-state index in [-0.39, 0.29) is 23.7 Å². The third kappa shape index (κ3) is 6.73. The zero-order chi connectivity index (χ0) is 20.6. The molecule has 0 bridgehead atoms. The molecular weight excluding hydrogens is 376 g/mol. The SMILES string of the molecule is CC(C)(C)c1ccc(OCCNC(=O)c2ccccc2NCC(O)CCl)cc1. The number of alkyl halides is 1. The largest absolute Gasteiger partial charge is 0.492 e. The van der Waals surface area contributed by atoms with Gasteiger partial charge in [-0.3, -0.25) is 4.79 Å². The summed E-state index contributed by atoms with van der Waals surface area (Å²) in [6.45, 7) is 7.55. The molecule has 0 aromatic heterocycles. The van der Waals surface area contributed by atoms with E-state index in [1.54, 1.807) is 18.2 Å². The highest BCUT2D eigenvalue weighted by atomic mass is 35.5. The molecule has 152 valence electrons. The van der Waals surface area contributed by atoms with Crippen molar-refractivity contribution >= 4 is 23.2 Å². The predicted octanol–water partition coefficient (Wildman–Crippen LogP) is 3.80. The van der Waals surface area contributed by atoms with Crippen LogP contribution in [0, 0.1) is 0 Å². The Balaban J connectivity index is 1.83. The van der Waals surface area contributed by atoms with Crippen LogP contribution in [0.2, 0.25) is 0 Å². The van der Waals surface area contributed by atoms with Gasteiger partial charge in [-0.15, -0.1) is 11.6 Å². The lowest BCUT2D eigenvalue weighted by Crippen LogP contribution is -2.29. The number of hydrogen-bond acceptors (Lipinski definition) is 4. The van der Waals surface area contributed by atoms with Crippen molar-refractivity contribution in [3.8, 4) is 5.75 Å². The average molecular weight is 405 g/mol. The zero-order valence-electron chi connectivity index (χ0n) is 16.7. The highest BCUT2D eigenvalue weighted by molar-refractivity contribution is 6.18. The number of aliphatic hydroxyl groups is 1. The van der Waals surface area contributed by atoms with E-state index in [4.69, 9.17) is 16.3 Å². The fraction of sp³-hybridized carbons (Fsp3) is 0.409. The second kappa shape index (κ2) is 10.3. The summed E-state index contributed by atoms with van der Waals surface area (Å²) in [7, 11) is 0. The summed E-state index contributed by atoms with van der Waals surface area (Å²) in [5, 5.41) is 15.5. The third-order valence-electron chi connectivity index (χ3n) is 4.25. The van der Waals surface area contributed by atoms with Gasteiger partial charge in [0.05, 0.1) is 24.1 Å². The lowest BCUT2D eigenvalue weighted by atomic mass is 9.87. The molecule has 0 spiro atoms. The molecule has 2 aromatic carbocycles. The van der Waals surface area contributed by atoms with Crippen molar-refractivity contribution in [2.24, 2.45) is 0 Å². The number of ether oxygens (including phenoxy) is 1. The van der Waals surface area contributed by atoms with Crippen LogP contribution in [0.1, 0.15) is 36.7 Å². The summed E-state index contributed by atoms with van der Waals surface area (Å²) in [4.78, 5) is 12.5. The summed E-state index contributed by atoms with van der Waals surface area (Å²) in [6, 6.07) is 15.2. The Kier molecular flexibility index (Phi) is 8.15. The van der Waals surface area contributed by atoms with Gasteiger partial charge in [0.1, 0.15) is 12.4 Å². The maximum Gasteiger partial charge on any atom is 0.253 e. The molecular formula is C22H29ClN2O3. The van der Waals surface area contributed by atoms with E-state index in [1.807, 2.05) is 18.2 Å². The first-order valence-electron chi connectivity index (χ1n) is 9.39. The number of halogens is 1. The molecule has 0 aliphatic heterocycles. The summed E-state index contributed by atoms with van der Waals surface area (Å²) in [5.41, 5.74) is 2.52. The molecule has 1 atom stereocenters. The minimum Gasteiger partial charge on any atom is -0.492 e. The van der Waals surface area contributed by atoms with Crippen molar-refractivity contribution in [1.82, 2.24) is 5.32 Å². The molecule has 28 heavy (non-hydrogen) atoms. The molecule has 0 saturated carbocycles. The topological polar surface area (TPSA) is 70.6 Å². The van der Waals surface area contributed by atoms with Crippen LogP contribution in [0.4, 0.5) is 5.69 Å². The van der Waals surface area contributed by atoms with Crippen molar-refractivity contribution in [2.75, 3.05) is 30.9 Å². The minimum atomic E-state index is -0.671. The van der Waals surface area contributed by atoms with Crippen LogP contribution in [-0.2, 0) is 5.41 Å². The highest BCUT2D eigenvalue weighted by Crippen LogP contribution is 2.24. The summed E-state index contributed by atoms with van der Waals surface area (Å²) < 4.78 is 5.71. The van der Waals surface area contributed by atoms with Gasteiger partial charge in [-0.25, -0.2) is 0 Å². The molecule has 1 amide bonds. The number of carbonyl (C=O) groups is 1. The van der Waals surface area contributed by atoms with Crippen molar-refractivity contribution < 1.29 is 14.6 Å². The van der Waals surface area contributed by atoms with Gasteiger partial charge in [0.15, 0.2) is 0 Å². The Hall–Kier alpha value is -2.24. The van der Waals surface area contributed by atoms with Gasteiger partial charge in [0.25, 0.3) is 5.91 Å². The van der Waals surface area contributed by atoms with Gasteiger partial charge in [0, 0.05) is 12.2 Å². The van der Waals surface area contributed by atoms with Crippen molar-refractivity contribution in [1.29, 1.82) is 0 Å². The van der Waals surface area contributed by atoms with Crippen LogP contribution in [0.5, 0.6) is 5.75 Å². The first-order valence-corrected chi connectivity index (χ1v) is 9.93. The third-order valence-corrected chi connectivity index (χ3v) is 4.61. The smallest absolute Gasteiger partial charge is 0.253 e. The normalized spacial score (nSPS) is 12.3. The number of amides is 1. The van der Waals surface area contributed by atoms with E-state index in [2.05, 4.69) is 43.5 Å². The van der Waals surface area contributed by atoms with E-state index in [1.165, 1.54) is 5.56 Å². The molecule has 5 nitrogen and oxygen atoms in total. The van der Waals surface area contributed by atoms with Crippen LogP contribution in [0.3, 0.4) is 0 Å². The number of hydrogen-bond donors (Lipinski definition) is 3. The molecule has 6 heteroatoms. The number of carbonyl (C=O) groups excluding carboxylic acids is 1. The second-order valence-electron chi connectivity index (χ2n) is 7.61. The van der Waals surface area contributed by atoms with Crippen molar-refractivity contribution in [2.45, 2.75) is 32.3 Å². The lowest BCUT2D eigenvalue weighted by Gasteiger charge is -2.19. The number of benzene rings is 2. The Labute approximate surface area is 172 Å². The van der Waals surface area contributed by atoms with E-state index < -0.39 is 6.10 Å². The number of nitrogens with one attached hydrogen (secondary N) is 2. The first kappa shape index (κ1) is 22.1. The predicted molar refractivity (Wildman–Crippen MR) is 115 cm³/mol. The first-order chi connectivity index (χ1) is 13.3. The lowest BCUT2D eigenvalue weighted by molar-refractivity contribution is 0.0947. The zero-order valence-corrected chi connectivity index (χ0v) is 17.4. The summed E-state index contributed by atoms with van der Waals surface area (Å²) >= 11 is 5.60. The van der Waals surface area contributed by atoms with Crippen LogP contribution in [-0.4, -0.2) is 42.7 Å². The molecule has 0 fully saturated rings. The molecule has 0 radical (unpaired) electrons. The second-order valence-corrected chi connectivity index (χ2v) is 7.92. The summed E-state index contributed by atoms with van der Waals surface area (Å²) in [6.07, 6.45) is -0.671. The van der Waals surface area contributed by atoms with Gasteiger partial charge in [-0.05, 0) is 35.2 Å². The molecule has 0 aliphatic carbocycles. The van der Waals surface area contributed by atoms with Gasteiger partial charge in [-0.2, -0.15) is 0 Å². The molecule has 1 unspecified atom stereocenters. The van der Waals surface area contributed by atoms with E-state index in [9.17, 15) is 9.90 Å². The Bertz CT molecular complexity index is 757. The van der Waals surface area contributed by atoms with E-state index >= 15 is 0 Å². The van der Waals surface area contributed by atoms with Crippen molar-refractivity contribution in [3.63, 3.8) is 0 Å². The number of rotatable bonds is 9. The van der Waals surface area contributed by atoms with Gasteiger partial charge in [0.2, 0.25) is 0 Å². The molecule has 2 aromatic rings. The van der Waals surface area contributed by atoms with Crippen LogP contribution < -0.4 is 15.4 Å². The molecule has 0 heterocycles. The highest BCUT2D eigenvalue weighted by Gasteiger charge is 2.13. The monoisotopic (exact) mass is 404 g/mol. The van der Waals surface area contributed by atoms with Crippen LogP contribution >= 0.6 is 11.6 Å². The van der Waals surface area contributed by atoms with Crippen LogP contribution in [0.15, 0.2) is 48.5 Å². The van der Waals surface area contributed by atoms with E-state index in [0.717, 1.165) is 5.75 Å². The van der Waals surface area contributed by atoms with E-state index in [0.29, 0.717) is 24.4 Å². The quantitative estimate of drug-likeness (QED) is 0.439. The fourth-order valence-electron chi connectivity index (χ4n) is 2.60. The number of para-hydroxylation sites is 1. The average Bonchev–Trinajstić information content (AvgIpc) is 2.69. The molecule has 0 aliphatic rings. The Morgan fingerprint density at radius 1 is 1.14 bits per heavy atom. The fourth-order valence-corrected chi connectivity index (χ4v) is 2.71. The minimum absolute atomic E-state index is 0.105. The maximum atomic E-state index is 12.5. The van der Waals surface area contributed by atoms with Gasteiger partial charge >= 0.3 is 0 Å². The van der Waals surface area contributed by atoms with Crippen LogP contribution in [0.25, 0.3) is 0 Å². The van der Waals surface area contributed by atoms with Gasteiger partial charge in [-0.1, -0.05) is 45.0 Å². The summed E-state index contributed by atoms with van der Waals surface area (Å²) in [5.74, 6) is 0.713. The number of aliphatic hydroxyl groups excluding tert-OH is 1. The maximum absolute atomic E-state index is 12.5. The van der Waals surface area contributed by atoms with Crippen molar-refractivity contribution in [3.05, 3.63) is 59.7 Å². The Morgan fingerprint density at radius 2 is 1.82 bits per heavy atom. The van der Waals surface area contributed by atoms with Gasteiger partial charge < -0.3 is 20.5 Å². The Morgan fingerprint density at radius 3 is 2.46 bits per heavy atom. The molecule has 3 N–H and O–H groups in total. The molecule has 2 rings (SSSR count). The molecule has 0 saturated heterocycles. The standard InChI is InChI=1S/C22H29ClN2O3/c1-22(2,3)16-8-10-18(11-9-16)28-13-12-24-21(27)19-6-4-5-7-20(19)25-15-17(26)14-23/h4-11,17,25-26H,12-15H2,1-3H3,(H,24,27). The number of anilines is 1.